The van der Waals surface area contributed by atoms with E-state index in [4.69, 9.17) is 15.1 Å². The van der Waals surface area contributed by atoms with Crippen LogP contribution in [0, 0.1) is 11.3 Å². The Morgan fingerprint density at radius 2 is 2.32 bits per heavy atom. The zero-order chi connectivity index (χ0) is 14.3. The molecule has 0 bridgehead atoms. The van der Waals surface area contributed by atoms with Gasteiger partial charge in [-0.1, -0.05) is 0 Å². The molecule has 1 fully saturated rings. The summed E-state index contributed by atoms with van der Waals surface area (Å²) in [5.74, 6) is -0.962. The van der Waals surface area contributed by atoms with Gasteiger partial charge in [-0.15, -0.1) is 0 Å². The van der Waals surface area contributed by atoms with Gasteiger partial charge in [0.15, 0.2) is 0 Å². The van der Waals surface area contributed by atoms with Gasteiger partial charge in [-0.3, -0.25) is 14.5 Å². The molecule has 1 amide bonds. The van der Waals surface area contributed by atoms with Gasteiger partial charge in [0.05, 0.1) is 38.2 Å². The molecular formula is C12H19N3O4. The number of hydrogen-bond donors (Lipinski definition) is 1. The van der Waals surface area contributed by atoms with Crippen LogP contribution in [0.15, 0.2) is 0 Å². The second kappa shape index (κ2) is 7.71. The molecule has 0 aromatic heterocycles. The van der Waals surface area contributed by atoms with Crippen LogP contribution in [0.3, 0.4) is 0 Å². The number of nitrogens with zero attached hydrogens (tertiary/aromatic N) is 3. The number of ether oxygens (including phenoxy) is 1. The molecule has 19 heavy (non-hydrogen) atoms. The van der Waals surface area contributed by atoms with E-state index in [0.717, 1.165) is 0 Å². The van der Waals surface area contributed by atoms with Gasteiger partial charge < -0.3 is 14.7 Å². The second-order valence-electron chi connectivity index (χ2n) is 4.55. The summed E-state index contributed by atoms with van der Waals surface area (Å²) in [5.41, 5.74) is 0. The first-order valence-corrected chi connectivity index (χ1v) is 6.19. The normalized spacial score (nSPS) is 19.7. The number of morpholine rings is 1. The summed E-state index contributed by atoms with van der Waals surface area (Å²) < 4.78 is 5.34. The molecule has 0 spiro atoms. The Hall–Kier alpha value is -1.65. The highest BCUT2D eigenvalue weighted by Crippen LogP contribution is 2.08. The third kappa shape index (κ3) is 5.68. The number of aliphatic carboxylic acids is 1. The van der Waals surface area contributed by atoms with Gasteiger partial charge in [-0.2, -0.15) is 5.26 Å². The summed E-state index contributed by atoms with van der Waals surface area (Å²) in [5, 5.41) is 17.2. The van der Waals surface area contributed by atoms with E-state index in [1.54, 1.807) is 7.05 Å². The van der Waals surface area contributed by atoms with Gasteiger partial charge in [0.2, 0.25) is 5.91 Å². The monoisotopic (exact) mass is 269 g/mol. The highest BCUT2D eigenvalue weighted by molar-refractivity contribution is 5.78. The third-order valence-electron chi connectivity index (χ3n) is 2.97. The molecule has 0 saturated carbocycles. The largest absolute Gasteiger partial charge is 0.481 e. The maximum Gasteiger partial charge on any atom is 0.306 e. The summed E-state index contributed by atoms with van der Waals surface area (Å²) in [6.07, 6.45) is -0.0921. The number of carbonyl (C=O) groups excluding carboxylic acids is 1. The lowest BCUT2D eigenvalue weighted by Gasteiger charge is -2.32. The molecule has 1 atom stereocenters. The van der Waals surface area contributed by atoms with Crippen LogP contribution in [0.4, 0.5) is 0 Å². The van der Waals surface area contributed by atoms with Crippen molar-refractivity contribution in [3.05, 3.63) is 0 Å². The van der Waals surface area contributed by atoms with Crippen LogP contribution in [0.1, 0.15) is 12.8 Å². The zero-order valence-electron chi connectivity index (χ0n) is 11.0. The van der Waals surface area contributed by atoms with E-state index in [2.05, 4.69) is 0 Å². The Balaban J connectivity index is 2.37. The maximum atomic E-state index is 11.9. The van der Waals surface area contributed by atoms with E-state index >= 15 is 0 Å². The van der Waals surface area contributed by atoms with Crippen molar-refractivity contribution in [2.45, 2.75) is 18.9 Å². The molecule has 1 saturated heterocycles. The lowest BCUT2D eigenvalue weighted by Crippen LogP contribution is -2.47. The predicted molar refractivity (Wildman–Crippen MR) is 66.3 cm³/mol. The number of hydrogen-bond acceptors (Lipinski definition) is 5. The van der Waals surface area contributed by atoms with Crippen molar-refractivity contribution in [2.24, 2.45) is 0 Å². The average Bonchev–Trinajstić information content (AvgIpc) is 2.35. The molecule has 1 heterocycles. The molecular weight excluding hydrogens is 250 g/mol. The Morgan fingerprint density at radius 3 is 2.95 bits per heavy atom. The minimum absolute atomic E-state index is 0.0467. The van der Waals surface area contributed by atoms with Crippen LogP contribution in [0.25, 0.3) is 0 Å². The molecule has 0 aliphatic carbocycles. The lowest BCUT2D eigenvalue weighted by molar-refractivity contribution is -0.142. The molecule has 0 aromatic carbocycles. The van der Waals surface area contributed by atoms with E-state index in [1.165, 1.54) is 4.90 Å². The fourth-order valence-corrected chi connectivity index (χ4v) is 1.90. The van der Waals surface area contributed by atoms with Crippen LogP contribution < -0.4 is 0 Å². The minimum atomic E-state index is -0.899. The lowest BCUT2D eigenvalue weighted by atomic mass is 10.2. The van der Waals surface area contributed by atoms with Crippen molar-refractivity contribution < 1.29 is 19.4 Å². The summed E-state index contributed by atoms with van der Waals surface area (Å²) in [6.45, 7) is 2.16. The van der Waals surface area contributed by atoms with Crippen LogP contribution >= 0.6 is 0 Å². The van der Waals surface area contributed by atoms with E-state index in [0.29, 0.717) is 32.7 Å². The first-order valence-electron chi connectivity index (χ1n) is 6.19. The summed E-state index contributed by atoms with van der Waals surface area (Å²) in [7, 11) is 1.66. The average molecular weight is 269 g/mol. The standard InChI is InChI=1S/C12H19N3O4/c1-14(4-2-3-13)11(16)9-15-5-6-19-10(8-15)7-12(17)18/h10H,2,4-9H2,1H3,(H,17,18). The molecule has 106 valence electrons. The van der Waals surface area contributed by atoms with E-state index in [9.17, 15) is 9.59 Å². The SMILES string of the molecule is CN(CCC#N)C(=O)CN1CCOC(CC(=O)O)C1. The van der Waals surface area contributed by atoms with Gasteiger partial charge in [0.25, 0.3) is 0 Å². The molecule has 1 rings (SSSR count). The number of carboxylic acid groups (broad SMARTS) is 1. The Morgan fingerprint density at radius 1 is 1.58 bits per heavy atom. The van der Waals surface area contributed by atoms with Crippen LogP contribution in [0.5, 0.6) is 0 Å². The van der Waals surface area contributed by atoms with E-state index in [1.807, 2.05) is 11.0 Å². The highest BCUT2D eigenvalue weighted by Gasteiger charge is 2.24. The maximum absolute atomic E-state index is 11.9. The fourth-order valence-electron chi connectivity index (χ4n) is 1.90. The van der Waals surface area contributed by atoms with E-state index in [-0.39, 0.29) is 25.0 Å². The Bertz CT molecular complexity index is 366. The summed E-state index contributed by atoms with van der Waals surface area (Å²) in [6, 6.07) is 1.99. The minimum Gasteiger partial charge on any atom is -0.481 e. The Labute approximate surface area is 112 Å². The molecule has 1 aliphatic rings. The molecule has 7 heteroatoms. The highest BCUT2D eigenvalue weighted by atomic mass is 16.5. The van der Waals surface area contributed by atoms with Gasteiger partial charge in [0, 0.05) is 26.7 Å². The molecule has 7 nitrogen and oxygen atoms in total. The van der Waals surface area contributed by atoms with Crippen molar-refractivity contribution in [1.29, 1.82) is 5.26 Å². The van der Waals surface area contributed by atoms with Crippen molar-refractivity contribution >= 4 is 11.9 Å². The van der Waals surface area contributed by atoms with Crippen molar-refractivity contribution in [3.63, 3.8) is 0 Å². The number of carbonyl (C=O) groups is 2. The molecule has 1 unspecified atom stereocenters. The van der Waals surface area contributed by atoms with Gasteiger partial charge in [-0.05, 0) is 0 Å². The van der Waals surface area contributed by atoms with Crippen molar-refractivity contribution in [1.82, 2.24) is 9.80 Å². The molecule has 0 radical (unpaired) electrons. The Kier molecular flexibility index (Phi) is 6.25. The molecule has 0 aromatic rings. The fraction of sp³-hybridized carbons (Fsp3) is 0.750. The van der Waals surface area contributed by atoms with Crippen LogP contribution in [0.2, 0.25) is 0 Å². The van der Waals surface area contributed by atoms with Crippen molar-refractivity contribution in [2.75, 3.05) is 39.8 Å². The number of amides is 1. The van der Waals surface area contributed by atoms with E-state index < -0.39 is 5.97 Å². The van der Waals surface area contributed by atoms with Crippen LogP contribution in [-0.2, 0) is 14.3 Å². The van der Waals surface area contributed by atoms with Crippen LogP contribution in [-0.4, -0.2) is 72.7 Å². The van der Waals surface area contributed by atoms with Gasteiger partial charge in [0.1, 0.15) is 0 Å². The first-order chi connectivity index (χ1) is 9.02. The van der Waals surface area contributed by atoms with Crippen molar-refractivity contribution in [3.8, 4) is 6.07 Å². The number of nitriles is 1. The number of carboxylic acids is 1. The molecule has 1 N–H and O–H groups in total. The predicted octanol–water partition coefficient (Wildman–Crippen LogP) is -0.466. The number of rotatable bonds is 6. The smallest absolute Gasteiger partial charge is 0.306 e. The zero-order valence-corrected chi connectivity index (χ0v) is 11.0. The number of likely N-dealkylation sites (N-methyl/N-ethyl adjacent to an activating group) is 1. The summed E-state index contributed by atoms with van der Waals surface area (Å²) in [4.78, 5) is 25.9. The van der Waals surface area contributed by atoms with Gasteiger partial charge >= 0.3 is 5.97 Å². The van der Waals surface area contributed by atoms with Gasteiger partial charge in [-0.25, -0.2) is 0 Å². The topological polar surface area (TPSA) is 93.9 Å². The quantitative estimate of drug-likeness (QED) is 0.701. The summed E-state index contributed by atoms with van der Waals surface area (Å²) >= 11 is 0. The first kappa shape index (κ1) is 15.4. The molecule has 1 aliphatic heterocycles. The second-order valence-corrected chi connectivity index (χ2v) is 4.55. The third-order valence-corrected chi connectivity index (χ3v) is 2.97.